The quantitative estimate of drug-likeness (QED) is 0.581. The normalized spacial score (nSPS) is 14.7. The van der Waals surface area contributed by atoms with Crippen LogP contribution in [0.2, 0.25) is 0 Å². The Balaban J connectivity index is 2.01. The molecule has 0 atom stereocenters. The van der Waals surface area contributed by atoms with Crippen molar-refractivity contribution in [2.24, 2.45) is 0 Å². The Morgan fingerprint density at radius 2 is 1.97 bits per heavy atom. The second-order valence-electron chi connectivity index (χ2n) is 7.78. The van der Waals surface area contributed by atoms with Crippen molar-refractivity contribution in [1.82, 2.24) is 10.3 Å². The van der Waals surface area contributed by atoms with E-state index in [-0.39, 0.29) is 36.3 Å². The summed E-state index contributed by atoms with van der Waals surface area (Å²) in [6, 6.07) is 9.81. The summed E-state index contributed by atoms with van der Waals surface area (Å²) in [6.07, 6.45) is 1.53. The fourth-order valence-corrected chi connectivity index (χ4v) is 4.12. The van der Waals surface area contributed by atoms with Crippen molar-refractivity contribution in [2.45, 2.75) is 25.7 Å². The van der Waals surface area contributed by atoms with Gasteiger partial charge in [-0.1, -0.05) is 6.07 Å². The Morgan fingerprint density at radius 3 is 2.68 bits per heavy atom. The van der Waals surface area contributed by atoms with Crippen LogP contribution in [0, 0.1) is 12.7 Å². The van der Waals surface area contributed by atoms with Crippen LogP contribution in [0.1, 0.15) is 40.5 Å². The number of benzene rings is 2. The summed E-state index contributed by atoms with van der Waals surface area (Å²) >= 11 is 0. The minimum Gasteiger partial charge on any atom is -0.508 e. The number of aliphatic hydroxyl groups is 1. The Hall–Kier alpha value is -3.03. The number of hydrogen-bond acceptors (Lipinski definition) is 5. The maximum absolute atomic E-state index is 14.0. The highest BCUT2D eigenvalue weighted by Gasteiger charge is 2.26. The van der Waals surface area contributed by atoms with Crippen molar-refractivity contribution >= 4 is 16.7 Å². The van der Waals surface area contributed by atoms with Gasteiger partial charge < -0.3 is 20.3 Å². The van der Waals surface area contributed by atoms with Crippen LogP contribution in [0.3, 0.4) is 0 Å². The number of carbonyl (C=O) groups excluding carboxylic acids is 1. The smallest absolute Gasteiger partial charge is 0.270 e. The van der Waals surface area contributed by atoms with E-state index < -0.39 is 5.91 Å². The fraction of sp³-hybridized carbons (Fsp3) is 0.333. The third-order valence-electron chi connectivity index (χ3n) is 5.68. The van der Waals surface area contributed by atoms with Gasteiger partial charge in [0.15, 0.2) is 0 Å². The molecule has 2 heterocycles. The number of aryl methyl sites for hydroxylation is 1. The average molecular weight is 424 g/mol. The first-order valence-corrected chi connectivity index (χ1v) is 10.4. The van der Waals surface area contributed by atoms with Crippen LogP contribution in [0.25, 0.3) is 21.9 Å². The number of hydrogen-bond donors (Lipinski definition) is 3. The second-order valence-corrected chi connectivity index (χ2v) is 7.78. The number of nitrogens with zero attached hydrogens (tertiary/aromatic N) is 1. The van der Waals surface area contributed by atoms with E-state index in [9.17, 15) is 14.3 Å². The Bertz CT molecular complexity index is 1130. The lowest BCUT2D eigenvalue weighted by molar-refractivity contribution is 0.0845. The predicted octanol–water partition coefficient (Wildman–Crippen LogP) is 3.67. The Morgan fingerprint density at radius 1 is 1.19 bits per heavy atom. The minimum atomic E-state index is -0.417. The molecule has 162 valence electrons. The molecular weight excluding hydrogens is 399 g/mol. The van der Waals surface area contributed by atoms with Gasteiger partial charge in [-0.2, -0.15) is 0 Å². The van der Waals surface area contributed by atoms with Crippen molar-refractivity contribution in [3.8, 4) is 16.9 Å². The van der Waals surface area contributed by atoms with Crippen LogP contribution in [0.15, 0.2) is 36.4 Å². The number of fused-ring (bicyclic) bond motifs is 1. The molecule has 1 aliphatic rings. The van der Waals surface area contributed by atoms with Crippen LogP contribution in [-0.4, -0.2) is 47.5 Å². The molecule has 3 aromatic rings. The van der Waals surface area contributed by atoms with Crippen LogP contribution in [0.5, 0.6) is 5.75 Å². The highest BCUT2D eigenvalue weighted by Crippen LogP contribution is 2.40. The number of pyridine rings is 1. The highest BCUT2D eigenvalue weighted by molar-refractivity contribution is 6.10. The van der Waals surface area contributed by atoms with Crippen molar-refractivity contribution in [2.75, 3.05) is 26.4 Å². The van der Waals surface area contributed by atoms with Gasteiger partial charge in [-0.15, -0.1) is 0 Å². The summed E-state index contributed by atoms with van der Waals surface area (Å²) in [5.41, 5.74) is 3.13. The number of ether oxygens (including phenoxy) is 1. The molecule has 7 heteroatoms. The number of aromatic nitrogens is 1. The molecule has 0 bridgehead atoms. The summed E-state index contributed by atoms with van der Waals surface area (Å²) in [4.78, 5) is 17.7. The van der Waals surface area contributed by atoms with Gasteiger partial charge in [0.1, 0.15) is 17.3 Å². The lowest BCUT2D eigenvalue weighted by Crippen LogP contribution is -2.28. The SMILES string of the molecule is Cc1cc(-c2c(C3CCOCC3)nc(C(=O)NCCO)c3cc(O)ccc23)ccc1F. The zero-order valence-electron chi connectivity index (χ0n) is 17.3. The van der Waals surface area contributed by atoms with Gasteiger partial charge in [0.2, 0.25) is 0 Å². The number of carbonyl (C=O) groups is 1. The lowest BCUT2D eigenvalue weighted by atomic mass is 9.86. The summed E-state index contributed by atoms with van der Waals surface area (Å²) in [5, 5.41) is 23.1. The first-order valence-electron chi connectivity index (χ1n) is 10.4. The molecule has 0 aliphatic carbocycles. The summed E-state index contributed by atoms with van der Waals surface area (Å²) in [5.74, 6) is -0.603. The first-order chi connectivity index (χ1) is 15.0. The number of aromatic hydroxyl groups is 1. The first kappa shape index (κ1) is 21.2. The fourth-order valence-electron chi connectivity index (χ4n) is 4.12. The van der Waals surface area contributed by atoms with E-state index in [1.807, 2.05) is 0 Å². The van der Waals surface area contributed by atoms with E-state index in [4.69, 9.17) is 14.8 Å². The maximum atomic E-state index is 14.0. The van der Waals surface area contributed by atoms with E-state index in [2.05, 4.69) is 5.32 Å². The van der Waals surface area contributed by atoms with Crippen molar-refractivity contribution in [3.63, 3.8) is 0 Å². The zero-order valence-corrected chi connectivity index (χ0v) is 17.3. The molecule has 0 unspecified atom stereocenters. The third kappa shape index (κ3) is 4.24. The minimum absolute atomic E-state index is 0.0190. The number of phenolic OH excluding ortho intramolecular Hbond substituents is 1. The number of phenols is 1. The van der Waals surface area contributed by atoms with Crippen molar-refractivity contribution < 1.29 is 24.1 Å². The number of halogens is 1. The van der Waals surface area contributed by atoms with Gasteiger partial charge in [-0.05, 0) is 66.6 Å². The monoisotopic (exact) mass is 424 g/mol. The van der Waals surface area contributed by atoms with E-state index in [0.29, 0.717) is 24.2 Å². The van der Waals surface area contributed by atoms with Crippen molar-refractivity contribution in [1.29, 1.82) is 0 Å². The second kappa shape index (κ2) is 8.99. The summed E-state index contributed by atoms with van der Waals surface area (Å²) < 4.78 is 19.5. The van der Waals surface area contributed by atoms with Crippen LogP contribution >= 0.6 is 0 Å². The van der Waals surface area contributed by atoms with Gasteiger partial charge in [0, 0.05) is 36.6 Å². The molecule has 0 radical (unpaired) electrons. The summed E-state index contributed by atoms with van der Waals surface area (Å²) in [7, 11) is 0. The van der Waals surface area contributed by atoms with Gasteiger partial charge in [0.05, 0.1) is 12.3 Å². The van der Waals surface area contributed by atoms with E-state index in [1.165, 1.54) is 12.1 Å². The third-order valence-corrected chi connectivity index (χ3v) is 5.68. The van der Waals surface area contributed by atoms with Gasteiger partial charge >= 0.3 is 0 Å². The molecule has 3 N–H and O–H groups in total. The maximum Gasteiger partial charge on any atom is 0.270 e. The van der Waals surface area contributed by atoms with Crippen LogP contribution in [0.4, 0.5) is 4.39 Å². The molecular formula is C24H25FN2O4. The van der Waals surface area contributed by atoms with Crippen LogP contribution < -0.4 is 5.32 Å². The number of amides is 1. The van der Waals surface area contributed by atoms with E-state index >= 15 is 0 Å². The average Bonchev–Trinajstić information content (AvgIpc) is 2.78. The molecule has 1 amide bonds. The predicted molar refractivity (Wildman–Crippen MR) is 116 cm³/mol. The lowest BCUT2D eigenvalue weighted by Gasteiger charge is -2.26. The van der Waals surface area contributed by atoms with E-state index in [1.54, 1.807) is 31.2 Å². The van der Waals surface area contributed by atoms with Gasteiger partial charge in [0.25, 0.3) is 5.91 Å². The number of aliphatic hydroxyl groups excluding tert-OH is 1. The topological polar surface area (TPSA) is 91.7 Å². The number of rotatable bonds is 5. The zero-order chi connectivity index (χ0) is 22.0. The molecule has 1 aliphatic heterocycles. The summed E-state index contributed by atoms with van der Waals surface area (Å²) in [6.45, 7) is 2.84. The van der Waals surface area contributed by atoms with Gasteiger partial charge in [-0.25, -0.2) is 9.37 Å². The van der Waals surface area contributed by atoms with Crippen molar-refractivity contribution in [3.05, 3.63) is 59.2 Å². The molecule has 0 spiro atoms. The standard InChI is InChI=1S/C24H25FN2O4/c1-14-12-16(2-5-20(14)25)21-18-4-3-17(29)13-19(18)23(24(30)26-8-9-28)27-22(21)15-6-10-31-11-7-15/h2-5,12-13,15,28-29H,6-11H2,1H3,(H,26,30). The molecule has 31 heavy (non-hydrogen) atoms. The molecule has 1 aromatic heterocycles. The largest absolute Gasteiger partial charge is 0.508 e. The van der Waals surface area contributed by atoms with Gasteiger partial charge in [-0.3, -0.25) is 4.79 Å². The molecule has 2 aromatic carbocycles. The molecule has 1 fully saturated rings. The molecule has 4 rings (SSSR count). The Labute approximate surface area is 179 Å². The molecule has 1 saturated heterocycles. The van der Waals surface area contributed by atoms with Crippen LogP contribution in [-0.2, 0) is 4.74 Å². The Kier molecular flexibility index (Phi) is 6.15. The molecule has 6 nitrogen and oxygen atoms in total. The van der Waals surface area contributed by atoms with E-state index in [0.717, 1.165) is 35.0 Å². The number of nitrogens with one attached hydrogen (secondary N) is 1. The highest BCUT2D eigenvalue weighted by atomic mass is 19.1. The molecule has 0 saturated carbocycles.